The van der Waals surface area contributed by atoms with Crippen LogP contribution in [0.5, 0.6) is 0 Å². The summed E-state index contributed by atoms with van der Waals surface area (Å²) in [6, 6.07) is 1.04. The summed E-state index contributed by atoms with van der Waals surface area (Å²) < 4.78 is 38.6. The summed E-state index contributed by atoms with van der Waals surface area (Å²) in [6.07, 6.45) is 1.41. The van der Waals surface area contributed by atoms with Crippen LogP contribution in [0.3, 0.4) is 0 Å². The van der Waals surface area contributed by atoms with Gasteiger partial charge in [-0.05, 0) is 6.07 Å². The van der Waals surface area contributed by atoms with Gasteiger partial charge in [-0.1, -0.05) is 12.7 Å². The second-order valence-electron chi connectivity index (χ2n) is 4.00. The number of nitrogens with zero attached hydrogens (tertiary/aromatic N) is 3. The van der Waals surface area contributed by atoms with Crippen molar-refractivity contribution < 1.29 is 13.2 Å². The molecule has 0 N–H and O–H groups in total. The van der Waals surface area contributed by atoms with Gasteiger partial charge in [0.05, 0.1) is 12.2 Å². The number of aromatic nitrogens is 1. The number of anilines is 1. The van der Waals surface area contributed by atoms with E-state index in [4.69, 9.17) is 0 Å². The highest BCUT2D eigenvalue weighted by molar-refractivity contribution is 5.57. The summed E-state index contributed by atoms with van der Waals surface area (Å²) in [7, 11) is 1.83. The van der Waals surface area contributed by atoms with Crippen LogP contribution in [0.4, 0.5) is 19.0 Å². The Balaban J connectivity index is 2.40. The van der Waals surface area contributed by atoms with E-state index in [0.717, 1.165) is 12.1 Å². The molecule has 0 fully saturated rings. The Morgan fingerprint density at radius 3 is 2.61 bits per heavy atom. The Hall–Kier alpha value is -1.98. The molecule has 0 radical (unpaired) electrons. The third-order valence-electron chi connectivity index (χ3n) is 2.62. The normalized spacial score (nSPS) is 15.3. The second kappa shape index (κ2) is 4.36. The fourth-order valence-electron chi connectivity index (χ4n) is 1.70. The van der Waals surface area contributed by atoms with Crippen LogP contribution in [-0.2, 0) is 6.18 Å². The van der Waals surface area contributed by atoms with Gasteiger partial charge in [-0.3, -0.25) is 0 Å². The molecule has 0 bridgehead atoms. The van der Waals surface area contributed by atoms with Crippen molar-refractivity contribution in [2.75, 3.05) is 18.6 Å². The van der Waals surface area contributed by atoms with Crippen molar-refractivity contribution in [1.29, 1.82) is 0 Å². The maximum atomic E-state index is 12.9. The number of rotatable bonds is 2. The molecular weight excluding hydrogens is 243 g/mol. The highest BCUT2D eigenvalue weighted by atomic mass is 19.4. The molecule has 18 heavy (non-hydrogen) atoms. The molecule has 1 aliphatic heterocycles. The average Bonchev–Trinajstić information content (AvgIpc) is 2.74. The summed E-state index contributed by atoms with van der Waals surface area (Å²) >= 11 is 0. The highest BCUT2D eigenvalue weighted by Crippen LogP contribution is 2.34. The lowest BCUT2D eigenvalue weighted by atomic mass is 10.1. The first kappa shape index (κ1) is 12.5. The minimum atomic E-state index is -4.41. The zero-order valence-corrected chi connectivity index (χ0v) is 9.78. The molecule has 0 unspecified atom stereocenters. The Morgan fingerprint density at radius 2 is 2.11 bits per heavy atom. The van der Waals surface area contributed by atoms with Crippen LogP contribution in [0.1, 0.15) is 11.1 Å². The summed E-state index contributed by atoms with van der Waals surface area (Å²) in [4.78, 5) is 7.50. The van der Waals surface area contributed by atoms with Gasteiger partial charge in [0.25, 0.3) is 0 Å². The van der Waals surface area contributed by atoms with Crippen LogP contribution in [0.15, 0.2) is 31.2 Å². The van der Waals surface area contributed by atoms with Crippen molar-refractivity contribution in [1.82, 2.24) is 9.88 Å². The van der Waals surface area contributed by atoms with Gasteiger partial charge in [0, 0.05) is 31.2 Å². The maximum absolute atomic E-state index is 12.9. The standard InChI is InChI=1S/C12H12F3N3/c1-3-9-7-16-11(6-10(9)12(13,14)15)18-5-4-17(2)8-18/h3-7H,1,8H2,2H3. The van der Waals surface area contributed by atoms with E-state index in [1.807, 2.05) is 11.9 Å². The molecule has 0 spiro atoms. The van der Waals surface area contributed by atoms with E-state index in [1.54, 1.807) is 17.3 Å². The van der Waals surface area contributed by atoms with Crippen LogP contribution in [-0.4, -0.2) is 23.6 Å². The first-order valence-electron chi connectivity index (χ1n) is 5.26. The third kappa shape index (κ3) is 2.32. The van der Waals surface area contributed by atoms with Crippen LogP contribution in [0.25, 0.3) is 6.08 Å². The van der Waals surface area contributed by atoms with E-state index < -0.39 is 11.7 Å². The minimum Gasteiger partial charge on any atom is -0.361 e. The lowest BCUT2D eigenvalue weighted by molar-refractivity contribution is -0.137. The predicted octanol–water partition coefficient (Wildman–Crippen LogP) is 2.92. The van der Waals surface area contributed by atoms with Gasteiger partial charge >= 0.3 is 6.18 Å². The molecule has 6 heteroatoms. The molecule has 0 aromatic carbocycles. The number of halogens is 3. The van der Waals surface area contributed by atoms with E-state index in [1.165, 1.54) is 6.20 Å². The maximum Gasteiger partial charge on any atom is 0.417 e. The summed E-state index contributed by atoms with van der Waals surface area (Å²) in [5.41, 5.74) is -0.728. The molecule has 0 aliphatic carbocycles. The molecule has 1 aromatic rings. The van der Waals surface area contributed by atoms with Gasteiger partial charge < -0.3 is 9.80 Å². The molecule has 1 aliphatic rings. The van der Waals surface area contributed by atoms with Crippen molar-refractivity contribution in [3.63, 3.8) is 0 Å². The number of hydrogen-bond donors (Lipinski definition) is 0. The van der Waals surface area contributed by atoms with E-state index in [2.05, 4.69) is 11.6 Å². The van der Waals surface area contributed by atoms with E-state index >= 15 is 0 Å². The quantitative estimate of drug-likeness (QED) is 0.810. The summed E-state index contributed by atoms with van der Waals surface area (Å²) in [5.74, 6) is 0.272. The third-order valence-corrected chi connectivity index (χ3v) is 2.62. The van der Waals surface area contributed by atoms with Crippen molar-refractivity contribution in [2.45, 2.75) is 6.18 Å². The molecule has 2 rings (SSSR count). The Bertz CT molecular complexity index is 494. The van der Waals surface area contributed by atoms with Crippen molar-refractivity contribution in [2.24, 2.45) is 0 Å². The van der Waals surface area contributed by atoms with Gasteiger partial charge in [-0.25, -0.2) is 4.98 Å². The first-order chi connectivity index (χ1) is 8.41. The van der Waals surface area contributed by atoms with Crippen molar-refractivity contribution >= 4 is 11.9 Å². The van der Waals surface area contributed by atoms with Crippen LogP contribution < -0.4 is 4.90 Å². The van der Waals surface area contributed by atoms with Crippen LogP contribution in [0.2, 0.25) is 0 Å². The molecule has 0 saturated carbocycles. The van der Waals surface area contributed by atoms with Gasteiger partial charge in [-0.2, -0.15) is 13.2 Å². The summed E-state index contributed by atoms with van der Waals surface area (Å²) in [5, 5.41) is 0. The lowest BCUT2D eigenvalue weighted by Gasteiger charge is -2.19. The zero-order chi connectivity index (χ0) is 13.3. The number of pyridine rings is 1. The fraction of sp³-hybridized carbons (Fsp3) is 0.250. The van der Waals surface area contributed by atoms with Crippen molar-refractivity contribution in [3.05, 3.63) is 42.4 Å². The molecule has 2 heterocycles. The van der Waals surface area contributed by atoms with Crippen LogP contribution >= 0.6 is 0 Å². The molecular formula is C12H12F3N3. The SMILES string of the molecule is C=Cc1cnc(N2C=CN(C)C2)cc1C(F)(F)F. The number of alkyl halides is 3. The molecule has 0 saturated heterocycles. The smallest absolute Gasteiger partial charge is 0.361 e. The predicted molar refractivity (Wildman–Crippen MR) is 63.6 cm³/mol. The second-order valence-corrected chi connectivity index (χ2v) is 4.00. The van der Waals surface area contributed by atoms with Gasteiger partial charge in [0.1, 0.15) is 5.82 Å². The largest absolute Gasteiger partial charge is 0.417 e. The zero-order valence-electron chi connectivity index (χ0n) is 9.78. The van der Waals surface area contributed by atoms with Crippen LogP contribution in [0, 0.1) is 0 Å². The molecule has 1 aromatic heterocycles. The Kier molecular flexibility index (Phi) is 3.02. The van der Waals surface area contributed by atoms with E-state index in [0.29, 0.717) is 6.67 Å². The lowest BCUT2D eigenvalue weighted by Crippen LogP contribution is -2.23. The van der Waals surface area contributed by atoms with Crippen molar-refractivity contribution in [3.8, 4) is 0 Å². The summed E-state index contributed by atoms with van der Waals surface area (Å²) in [6.45, 7) is 3.85. The highest BCUT2D eigenvalue weighted by Gasteiger charge is 2.33. The Labute approximate surface area is 103 Å². The topological polar surface area (TPSA) is 19.4 Å². The fourth-order valence-corrected chi connectivity index (χ4v) is 1.70. The monoisotopic (exact) mass is 255 g/mol. The average molecular weight is 255 g/mol. The minimum absolute atomic E-state index is 0.0113. The molecule has 0 amide bonds. The molecule has 96 valence electrons. The van der Waals surface area contributed by atoms with Gasteiger partial charge in [0.2, 0.25) is 0 Å². The van der Waals surface area contributed by atoms with Gasteiger partial charge in [-0.15, -0.1) is 0 Å². The molecule has 3 nitrogen and oxygen atoms in total. The molecule has 0 atom stereocenters. The Morgan fingerprint density at radius 1 is 1.39 bits per heavy atom. The first-order valence-corrected chi connectivity index (χ1v) is 5.26. The number of hydrogen-bond acceptors (Lipinski definition) is 3. The van der Waals surface area contributed by atoms with E-state index in [9.17, 15) is 13.2 Å². The van der Waals surface area contributed by atoms with Gasteiger partial charge in [0.15, 0.2) is 0 Å². The van der Waals surface area contributed by atoms with E-state index in [-0.39, 0.29) is 11.4 Å².